The van der Waals surface area contributed by atoms with Gasteiger partial charge in [0, 0.05) is 23.0 Å². The molecule has 0 spiro atoms. The molecule has 0 aromatic heterocycles. The average Bonchev–Trinajstić information content (AvgIpc) is 2.36. The minimum absolute atomic E-state index is 0.125. The van der Waals surface area contributed by atoms with Crippen molar-refractivity contribution >= 4 is 18.5 Å². The molecule has 0 aliphatic heterocycles. The molecule has 106 valence electrons. The van der Waals surface area contributed by atoms with Gasteiger partial charge in [-0.15, -0.1) is 12.6 Å². The zero-order valence-electron chi connectivity index (χ0n) is 12.4. The van der Waals surface area contributed by atoms with Gasteiger partial charge in [0.1, 0.15) is 0 Å². The van der Waals surface area contributed by atoms with E-state index >= 15 is 0 Å². The molecule has 0 aliphatic carbocycles. The first-order valence-corrected chi connectivity index (χ1v) is 7.52. The van der Waals surface area contributed by atoms with E-state index in [9.17, 15) is 4.79 Å². The zero-order chi connectivity index (χ0) is 14.4. The lowest BCUT2D eigenvalue weighted by Gasteiger charge is -2.27. The van der Waals surface area contributed by atoms with Gasteiger partial charge in [0.15, 0.2) is 0 Å². The Labute approximate surface area is 122 Å². The summed E-state index contributed by atoms with van der Waals surface area (Å²) in [5, 5.41) is 0. The van der Waals surface area contributed by atoms with Crippen LogP contribution in [0.15, 0.2) is 23.1 Å². The molecule has 0 N–H and O–H groups in total. The van der Waals surface area contributed by atoms with Crippen LogP contribution in [0.25, 0.3) is 0 Å². The molecular weight excluding hydrogens is 254 g/mol. The van der Waals surface area contributed by atoms with Crippen molar-refractivity contribution in [2.75, 3.05) is 6.54 Å². The van der Waals surface area contributed by atoms with Crippen LogP contribution in [-0.2, 0) is 0 Å². The highest BCUT2D eigenvalue weighted by molar-refractivity contribution is 7.80. The summed E-state index contributed by atoms with van der Waals surface area (Å²) in [5.41, 5.74) is 1.79. The molecule has 0 saturated heterocycles. The van der Waals surface area contributed by atoms with Crippen LogP contribution in [0.5, 0.6) is 0 Å². The summed E-state index contributed by atoms with van der Waals surface area (Å²) >= 11 is 4.33. The first-order chi connectivity index (χ1) is 8.97. The highest BCUT2D eigenvalue weighted by Gasteiger charge is 2.19. The Morgan fingerprint density at radius 2 is 2.00 bits per heavy atom. The number of amides is 1. The van der Waals surface area contributed by atoms with Crippen molar-refractivity contribution in [1.82, 2.24) is 4.90 Å². The van der Waals surface area contributed by atoms with Crippen LogP contribution in [-0.4, -0.2) is 23.4 Å². The number of thiol groups is 1. The smallest absolute Gasteiger partial charge is 0.254 e. The summed E-state index contributed by atoms with van der Waals surface area (Å²) in [7, 11) is 0. The number of nitrogens with zero attached hydrogens (tertiary/aromatic N) is 1. The number of rotatable bonds is 6. The lowest BCUT2D eigenvalue weighted by atomic mass is 10.1. The third-order valence-corrected chi connectivity index (χ3v) is 3.62. The summed E-state index contributed by atoms with van der Waals surface area (Å²) in [6.07, 6.45) is 3.41. The number of hydrogen-bond acceptors (Lipinski definition) is 2. The van der Waals surface area contributed by atoms with E-state index in [0.717, 1.165) is 29.0 Å². The van der Waals surface area contributed by atoms with E-state index in [1.54, 1.807) is 0 Å². The Kier molecular flexibility index (Phi) is 6.43. The summed E-state index contributed by atoms with van der Waals surface area (Å²) in [6.45, 7) is 9.13. The molecule has 1 aromatic carbocycles. The van der Waals surface area contributed by atoms with Gasteiger partial charge in [-0.3, -0.25) is 4.79 Å². The molecule has 1 aromatic rings. The molecule has 0 fully saturated rings. The molecule has 1 rings (SSSR count). The summed E-state index contributed by atoms with van der Waals surface area (Å²) in [4.78, 5) is 15.4. The van der Waals surface area contributed by atoms with E-state index in [-0.39, 0.29) is 11.9 Å². The molecule has 2 nitrogen and oxygen atoms in total. The number of aryl methyl sites for hydroxylation is 1. The van der Waals surface area contributed by atoms with Gasteiger partial charge in [-0.1, -0.05) is 25.8 Å². The van der Waals surface area contributed by atoms with Crippen molar-refractivity contribution in [3.8, 4) is 0 Å². The van der Waals surface area contributed by atoms with E-state index < -0.39 is 0 Å². The zero-order valence-corrected chi connectivity index (χ0v) is 13.3. The standard InChI is InChI=1S/C16H25NOS/c1-5-6-7-10-17(12(2)3)16(18)15-11-14(19)9-8-13(15)4/h8-9,11-12,19H,5-7,10H2,1-4H3. The first-order valence-electron chi connectivity index (χ1n) is 7.08. The molecule has 0 bridgehead atoms. The molecule has 0 aliphatic rings. The monoisotopic (exact) mass is 279 g/mol. The van der Waals surface area contributed by atoms with E-state index in [4.69, 9.17) is 0 Å². The Balaban J connectivity index is 2.89. The van der Waals surface area contributed by atoms with Crippen LogP contribution in [0.3, 0.4) is 0 Å². The first kappa shape index (κ1) is 16.1. The topological polar surface area (TPSA) is 20.3 Å². The van der Waals surface area contributed by atoms with E-state index in [0.29, 0.717) is 0 Å². The van der Waals surface area contributed by atoms with Gasteiger partial charge in [0.05, 0.1) is 0 Å². The van der Waals surface area contributed by atoms with Gasteiger partial charge in [0.25, 0.3) is 5.91 Å². The van der Waals surface area contributed by atoms with Crippen molar-refractivity contribution in [3.05, 3.63) is 29.3 Å². The van der Waals surface area contributed by atoms with E-state index in [2.05, 4.69) is 33.4 Å². The lowest BCUT2D eigenvalue weighted by Crippen LogP contribution is -2.38. The number of carbonyl (C=O) groups excluding carboxylic acids is 1. The Hall–Kier alpha value is -0.960. The van der Waals surface area contributed by atoms with Crippen LogP contribution in [0, 0.1) is 6.92 Å². The van der Waals surface area contributed by atoms with Crippen molar-refractivity contribution in [3.63, 3.8) is 0 Å². The third-order valence-electron chi connectivity index (χ3n) is 3.34. The Morgan fingerprint density at radius 3 is 2.58 bits per heavy atom. The number of unbranched alkanes of at least 4 members (excludes halogenated alkanes) is 2. The van der Waals surface area contributed by atoms with Gasteiger partial charge in [-0.2, -0.15) is 0 Å². The van der Waals surface area contributed by atoms with E-state index in [1.807, 2.05) is 30.0 Å². The molecule has 3 heteroatoms. The SMILES string of the molecule is CCCCCN(C(=O)c1cc(S)ccc1C)C(C)C. The molecule has 0 radical (unpaired) electrons. The van der Waals surface area contributed by atoms with Crippen LogP contribution < -0.4 is 0 Å². The van der Waals surface area contributed by atoms with Gasteiger partial charge >= 0.3 is 0 Å². The molecular formula is C16H25NOS. The van der Waals surface area contributed by atoms with Crippen molar-refractivity contribution < 1.29 is 4.79 Å². The molecule has 1 amide bonds. The minimum atomic E-state index is 0.125. The molecule has 0 saturated carbocycles. The summed E-state index contributed by atoms with van der Waals surface area (Å²) < 4.78 is 0. The second-order valence-electron chi connectivity index (χ2n) is 5.30. The fraction of sp³-hybridized carbons (Fsp3) is 0.562. The van der Waals surface area contributed by atoms with Crippen molar-refractivity contribution in [2.24, 2.45) is 0 Å². The number of hydrogen-bond donors (Lipinski definition) is 1. The van der Waals surface area contributed by atoms with Crippen molar-refractivity contribution in [1.29, 1.82) is 0 Å². The highest BCUT2D eigenvalue weighted by Crippen LogP contribution is 2.18. The van der Waals surface area contributed by atoms with Crippen LogP contribution >= 0.6 is 12.6 Å². The summed E-state index contributed by atoms with van der Waals surface area (Å²) in [6, 6.07) is 5.98. The fourth-order valence-corrected chi connectivity index (χ4v) is 2.33. The van der Waals surface area contributed by atoms with Crippen molar-refractivity contribution in [2.45, 2.75) is 57.9 Å². The largest absolute Gasteiger partial charge is 0.336 e. The number of benzene rings is 1. The number of carbonyl (C=O) groups is 1. The third kappa shape index (κ3) is 4.57. The normalized spacial score (nSPS) is 10.8. The van der Waals surface area contributed by atoms with Gasteiger partial charge in [-0.25, -0.2) is 0 Å². The highest BCUT2D eigenvalue weighted by atomic mass is 32.1. The van der Waals surface area contributed by atoms with Crippen LogP contribution in [0.4, 0.5) is 0 Å². The maximum atomic E-state index is 12.6. The molecule has 0 unspecified atom stereocenters. The molecule has 0 heterocycles. The predicted molar refractivity (Wildman–Crippen MR) is 84.1 cm³/mol. The Bertz CT molecular complexity index is 429. The van der Waals surface area contributed by atoms with Gasteiger partial charge in [0.2, 0.25) is 0 Å². The predicted octanol–water partition coefficient (Wildman–Crippen LogP) is 4.32. The lowest BCUT2D eigenvalue weighted by molar-refractivity contribution is 0.0701. The molecule has 19 heavy (non-hydrogen) atoms. The van der Waals surface area contributed by atoms with Gasteiger partial charge in [-0.05, 0) is 44.9 Å². The van der Waals surface area contributed by atoms with Crippen LogP contribution in [0.1, 0.15) is 56.0 Å². The van der Waals surface area contributed by atoms with Gasteiger partial charge < -0.3 is 4.90 Å². The fourth-order valence-electron chi connectivity index (χ4n) is 2.12. The quantitative estimate of drug-likeness (QED) is 0.607. The Morgan fingerprint density at radius 1 is 1.32 bits per heavy atom. The van der Waals surface area contributed by atoms with E-state index in [1.165, 1.54) is 12.8 Å². The molecule has 0 atom stereocenters. The van der Waals surface area contributed by atoms with Crippen LogP contribution in [0.2, 0.25) is 0 Å². The maximum Gasteiger partial charge on any atom is 0.254 e. The minimum Gasteiger partial charge on any atom is -0.336 e. The average molecular weight is 279 g/mol. The maximum absolute atomic E-state index is 12.6. The second kappa shape index (κ2) is 7.59. The summed E-state index contributed by atoms with van der Waals surface area (Å²) in [5.74, 6) is 0.125. The second-order valence-corrected chi connectivity index (χ2v) is 5.82.